The van der Waals surface area contributed by atoms with Crippen LogP contribution in [-0.2, 0) is 6.54 Å². The van der Waals surface area contributed by atoms with Gasteiger partial charge < -0.3 is 15.1 Å². The molecule has 0 unspecified atom stereocenters. The van der Waals surface area contributed by atoms with Gasteiger partial charge in [-0.15, -0.1) is 0 Å². The third kappa shape index (κ3) is 4.09. The van der Waals surface area contributed by atoms with E-state index in [1.54, 1.807) is 24.3 Å². The maximum Gasteiger partial charge on any atom is 0.254 e. The molecular weight excluding hydrogens is 375 g/mol. The van der Waals surface area contributed by atoms with Crippen molar-refractivity contribution in [3.63, 3.8) is 0 Å². The number of halogens is 1. The lowest BCUT2D eigenvalue weighted by atomic mass is 10.1. The lowest BCUT2D eigenvalue weighted by Crippen LogP contribution is -2.47. The molecule has 2 N–H and O–H groups in total. The number of nitrogens with one attached hydrogen (secondary N) is 2. The van der Waals surface area contributed by atoms with Crippen LogP contribution in [-0.4, -0.2) is 70.3 Å². The zero-order valence-electron chi connectivity index (χ0n) is 16.0. The average molecular weight is 396 g/mol. The second-order valence-electron chi connectivity index (χ2n) is 7.12. The fraction of sp³-hybridized carbons (Fsp3) is 0.300. The van der Waals surface area contributed by atoms with E-state index in [0.717, 1.165) is 37.8 Å². The van der Waals surface area contributed by atoms with E-state index in [9.17, 15) is 14.0 Å². The predicted octanol–water partition coefficient (Wildman–Crippen LogP) is 1.41. The Labute approximate surface area is 166 Å². The van der Waals surface area contributed by atoms with Gasteiger partial charge in [0.25, 0.3) is 11.8 Å². The summed E-state index contributed by atoms with van der Waals surface area (Å²) in [6.07, 6.45) is 0. The van der Waals surface area contributed by atoms with Crippen molar-refractivity contribution in [3.8, 4) is 0 Å². The number of amides is 2. The number of carbonyl (C=O) groups is 2. The highest BCUT2D eigenvalue weighted by Crippen LogP contribution is 2.16. The highest BCUT2D eigenvalue weighted by Gasteiger charge is 2.20. The number of fused-ring (bicyclic) bond motifs is 1. The highest BCUT2D eigenvalue weighted by atomic mass is 19.1. The smallest absolute Gasteiger partial charge is 0.254 e. The van der Waals surface area contributed by atoms with Crippen LogP contribution in [0.3, 0.4) is 0 Å². The topological polar surface area (TPSA) is 94.2 Å². The van der Waals surface area contributed by atoms with E-state index in [2.05, 4.69) is 25.6 Å². The van der Waals surface area contributed by atoms with Crippen LogP contribution in [0, 0.1) is 5.82 Å². The molecule has 0 aliphatic carbocycles. The van der Waals surface area contributed by atoms with Crippen molar-refractivity contribution in [2.75, 3.05) is 33.2 Å². The summed E-state index contributed by atoms with van der Waals surface area (Å²) < 4.78 is 13.7. The van der Waals surface area contributed by atoms with Gasteiger partial charge in [-0.2, -0.15) is 15.4 Å². The van der Waals surface area contributed by atoms with Gasteiger partial charge in [0.05, 0.1) is 5.56 Å². The second-order valence-corrected chi connectivity index (χ2v) is 7.12. The first-order chi connectivity index (χ1) is 14.0. The van der Waals surface area contributed by atoms with Crippen LogP contribution in [0.4, 0.5) is 4.39 Å². The minimum atomic E-state index is -0.552. The Bertz CT molecular complexity index is 1040. The Morgan fingerprint density at radius 2 is 1.83 bits per heavy atom. The van der Waals surface area contributed by atoms with Gasteiger partial charge in [0.15, 0.2) is 0 Å². The van der Waals surface area contributed by atoms with E-state index in [1.807, 2.05) is 11.9 Å². The molecule has 1 aromatic heterocycles. The molecule has 9 heteroatoms. The maximum atomic E-state index is 13.7. The van der Waals surface area contributed by atoms with Gasteiger partial charge in [-0.3, -0.25) is 9.59 Å². The summed E-state index contributed by atoms with van der Waals surface area (Å²) in [5, 5.41) is 12.9. The number of aromatic nitrogens is 3. The van der Waals surface area contributed by atoms with E-state index < -0.39 is 11.7 Å². The molecule has 1 aliphatic heterocycles. The molecule has 3 aromatic rings. The first kappa shape index (κ1) is 19.0. The molecule has 4 rings (SSSR count). The summed E-state index contributed by atoms with van der Waals surface area (Å²) in [7, 11) is 2.04. The third-order valence-corrected chi connectivity index (χ3v) is 5.08. The molecule has 1 saturated heterocycles. The van der Waals surface area contributed by atoms with Crippen molar-refractivity contribution in [2.24, 2.45) is 0 Å². The number of piperazine rings is 1. The van der Waals surface area contributed by atoms with Crippen LogP contribution in [0.15, 0.2) is 36.4 Å². The van der Waals surface area contributed by atoms with E-state index in [0.29, 0.717) is 16.6 Å². The van der Waals surface area contributed by atoms with E-state index in [-0.39, 0.29) is 18.0 Å². The number of aromatic amines is 1. The molecule has 0 radical (unpaired) electrons. The minimum Gasteiger partial charge on any atom is -0.348 e. The van der Waals surface area contributed by atoms with Crippen LogP contribution in [0.1, 0.15) is 26.3 Å². The molecule has 2 heterocycles. The fourth-order valence-corrected chi connectivity index (χ4v) is 3.32. The Kier molecular flexibility index (Phi) is 5.22. The summed E-state index contributed by atoms with van der Waals surface area (Å²) in [6.45, 7) is 3.43. The first-order valence-electron chi connectivity index (χ1n) is 9.36. The molecule has 0 saturated carbocycles. The van der Waals surface area contributed by atoms with E-state index in [4.69, 9.17) is 0 Å². The second kappa shape index (κ2) is 7.96. The molecule has 8 nitrogen and oxygen atoms in total. The lowest BCUT2D eigenvalue weighted by Gasteiger charge is -2.32. The Morgan fingerprint density at radius 1 is 1.10 bits per heavy atom. The molecule has 1 fully saturated rings. The van der Waals surface area contributed by atoms with Gasteiger partial charge in [-0.05, 0) is 30.8 Å². The standard InChI is InChI=1S/C20H21FN6O2/c1-26-6-8-27(9-7-26)20(29)14-4-2-13(3-5-14)12-22-19(28)16-10-15(21)11-17-18(16)24-25-23-17/h2-5,10-11H,6-9,12H2,1H3,(H,22,28)(H,23,24,25). The number of carbonyl (C=O) groups excluding carboxylic acids is 2. The van der Waals surface area contributed by atoms with Gasteiger partial charge in [-0.1, -0.05) is 12.1 Å². The molecule has 0 spiro atoms. The van der Waals surface area contributed by atoms with Crippen molar-refractivity contribution < 1.29 is 14.0 Å². The normalized spacial score (nSPS) is 14.9. The fourth-order valence-electron chi connectivity index (χ4n) is 3.32. The molecule has 0 bridgehead atoms. The highest BCUT2D eigenvalue weighted by molar-refractivity contribution is 6.04. The summed E-state index contributed by atoms with van der Waals surface area (Å²) >= 11 is 0. The Hall–Kier alpha value is -3.33. The number of rotatable bonds is 4. The number of likely N-dealkylation sites (N-methyl/N-ethyl adjacent to an activating group) is 1. The van der Waals surface area contributed by atoms with E-state index >= 15 is 0 Å². The minimum absolute atomic E-state index is 0.0156. The summed E-state index contributed by atoms with van der Waals surface area (Å²) in [4.78, 5) is 29.1. The van der Waals surface area contributed by atoms with Crippen molar-refractivity contribution in [3.05, 3.63) is 58.9 Å². The van der Waals surface area contributed by atoms with Crippen molar-refractivity contribution >= 4 is 22.8 Å². The molecular formula is C20H21FN6O2. The zero-order valence-corrected chi connectivity index (χ0v) is 16.0. The van der Waals surface area contributed by atoms with Gasteiger partial charge in [0.1, 0.15) is 16.9 Å². The summed E-state index contributed by atoms with van der Waals surface area (Å²) in [6, 6.07) is 9.49. The first-order valence-corrected chi connectivity index (χ1v) is 9.36. The quantitative estimate of drug-likeness (QED) is 0.696. The molecule has 1 aliphatic rings. The molecule has 0 atom stereocenters. The van der Waals surface area contributed by atoms with Gasteiger partial charge in [-0.25, -0.2) is 4.39 Å². The molecule has 2 aromatic carbocycles. The van der Waals surface area contributed by atoms with E-state index in [1.165, 1.54) is 6.07 Å². The Balaban J connectivity index is 1.39. The number of hydrogen-bond donors (Lipinski definition) is 2. The predicted molar refractivity (Wildman–Crippen MR) is 105 cm³/mol. The van der Waals surface area contributed by atoms with Crippen LogP contribution < -0.4 is 5.32 Å². The van der Waals surface area contributed by atoms with Crippen LogP contribution in [0.2, 0.25) is 0 Å². The van der Waals surface area contributed by atoms with Crippen LogP contribution >= 0.6 is 0 Å². The van der Waals surface area contributed by atoms with Crippen molar-refractivity contribution in [2.45, 2.75) is 6.54 Å². The summed E-state index contributed by atoms with van der Waals surface area (Å²) in [5.41, 5.74) is 2.19. The monoisotopic (exact) mass is 396 g/mol. The number of H-pyrrole nitrogens is 1. The summed E-state index contributed by atoms with van der Waals surface area (Å²) in [5.74, 6) is -0.980. The van der Waals surface area contributed by atoms with Crippen LogP contribution in [0.5, 0.6) is 0 Å². The van der Waals surface area contributed by atoms with Gasteiger partial charge in [0, 0.05) is 44.4 Å². The number of hydrogen-bond acceptors (Lipinski definition) is 5. The SMILES string of the molecule is CN1CCN(C(=O)c2ccc(CNC(=O)c3cc(F)cc4n[nH]nc34)cc2)CC1. The number of nitrogens with zero attached hydrogens (tertiary/aromatic N) is 4. The Morgan fingerprint density at radius 3 is 2.55 bits per heavy atom. The maximum absolute atomic E-state index is 13.7. The van der Waals surface area contributed by atoms with Gasteiger partial charge >= 0.3 is 0 Å². The van der Waals surface area contributed by atoms with Crippen molar-refractivity contribution in [1.29, 1.82) is 0 Å². The lowest BCUT2D eigenvalue weighted by molar-refractivity contribution is 0.0664. The molecule has 150 valence electrons. The molecule has 2 amide bonds. The zero-order chi connectivity index (χ0) is 20.4. The third-order valence-electron chi connectivity index (χ3n) is 5.08. The largest absolute Gasteiger partial charge is 0.348 e. The van der Waals surface area contributed by atoms with Crippen molar-refractivity contribution in [1.82, 2.24) is 30.5 Å². The van der Waals surface area contributed by atoms with Gasteiger partial charge in [0.2, 0.25) is 0 Å². The number of benzene rings is 2. The van der Waals surface area contributed by atoms with Crippen LogP contribution in [0.25, 0.3) is 11.0 Å². The molecule has 29 heavy (non-hydrogen) atoms. The average Bonchev–Trinajstić information content (AvgIpc) is 3.20.